The van der Waals surface area contributed by atoms with E-state index in [-0.39, 0.29) is 12.7 Å². The van der Waals surface area contributed by atoms with Crippen LogP contribution in [0.25, 0.3) is 0 Å². The number of nitriles is 1. The van der Waals surface area contributed by atoms with Crippen LogP contribution >= 0.6 is 0 Å². The molecule has 126 valence electrons. The third-order valence-corrected chi connectivity index (χ3v) is 4.39. The Bertz CT molecular complexity index is 363. The Kier molecular flexibility index (Phi) is 8.41. The fraction of sp³-hybridized carbons (Fsp3) is 0.938. The van der Waals surface area contributed by atoms with Gasteiger partial charge >= 0.3 is 0 Å². The van der Waals surface area contributed by atoms with Crippen molar-refractivity contribution in [2.24, 2.45) is 0 Å². The van der Waals surface area contributed by atoms with E-state index >= 15 is 0 Å². The number of ether oxygens (including phenoxy) is 2. The highest BCUT2D eigenvalue weighted by atomic mass is 16.6. The van der Waals surface area contributed by atoms with Crippen LogP contribution in [0.4, 0.5) is 0 Å². The molecule has 5 atom stereocenters. The van der Waals surface area contributed by atoms with E-state index in [0.29, 0.717) is 0 Å². The molecule has 0 aromatic heterocycles. The lowest BCUT2D eigenvalue weighted by molar-refractivity contribution is -0.0688. The zero-order valence-corrected chi connectivity index (χ0v) is 14.1. The van der Waals surface area contributed by atoms with E-state index in [0.717, 1.165) is 32.1 Å². The Labute approximate surface area is 135 Å². The highest BCUT2D eigenvalue weighted by Crippen LogP contribution is 2.29. The summed E-state index contributed by atoms with van der Waals surface area (Å²) < 4.78 is 11.4. The fourth-order valence-corrected chi connectivity index (χ4v) is 2.80. The van der Waals surface area contributed by atoms with E-state index in [1.165, 1.54) is 20.7 Å². The van der Waals surface area contributed by atoms with Crippen LogP contribution in [0, 0.1) is 11.3 Å². The monoisotopic (exact) mass is 311 g/mol. The first-order valence-electron chi connectivity index (χ1n) is 8.55. The van der Waals surface area contributed by atoms with Gasteiger partial charge in [-0.25, -0.2) is 0 Å². The quantitative estimate of drug-likeness (QED) is 0.466. The molecular formula is C16H30BNO4. The van der Waals surface area contributed by atoms with Crippen LogP contribution in [0.1, 0.15) is 58.8 Å². The molecular weight excluding hydrogens is 281 g/mol. The second-order valence-corrected chi connectivity index (χ2v) is 6.40. The minimum absolute atomic E-state index is 0.161. The van der Waals surface area contributed by atoms with Crippen molar-refractivity contribution in [3.8, 4) is 6.07 Å². The summed E-state index contributed by atoms with van der Waals surface area (Å²) in [7, 11) is 1.50. The molecule has 1 unspecified atom stereocenters. The van der Waals surface area contributed by atoms with Gasteiger partial charge in [-0.3, -0.25) is 0 Å². The number of hydrogen-bond acceptors (Lipinski definition) is 5. The first-order chi connectivity index (χ1) is 10.5. The maximum Gasteiger partial charge on any atom is 0.166 e. The molecule has 6 heteroatoms. The van der Waals surface area contributed by atoms with Gasteiger partial charge in [0.15, 0.2) is 7.85 Å². The van der Waals surface area contributed by atoms with Gasteiger partial charge in [-0.1, -0.05) is 46.0 Å². The van der Waals surface area contributed by atoms with Crippen molar-refractivity contribution in [3.05, 3.63) is 0 Å². The maximum absolute atomic E-state index is 10.0. The van der Waals surface area contributed by atoms with Gasteiger partial charge in [0.2, 0.25) is 0 Å². The summed E-state index contributed by atoms with van der Waals surface area (Å²) in [6.45, 7) is 4.55. The van der Waals surface area contributed by atoms with Gasteiger partial charge in [0.05, 0.1) is 18.8 Å². The van der Waals surface area contributed by atoms with Crippen LogP contribution in [-0.2, 0) is 9.47 Å². The highest BCUT2D eigenvalue weighted by Gasteiger charge is 2.51. The topological polar surface area (TPSA) is 82.7 Å². The van der Waals surface area contributed by atoms with Gasteiger partial charge in [0.25, 0.3) is 0 Å². The number of unbranched alkanes of at least 4 members (excludes halogenated alkanes) is 3. The van der Waals surface area contributed by atoms with Crippen LogP contribution in [0.2, 0.25) is 0 Å². The van der Waals surface area contributed by atoms with E-state index in [4.69, 9.17) is 14.7 Å². The van der Waals surface area contributed by atoms with Crippen molar-refractivity contribution in [2.75, 3.05) is 6.61 Å². The largest absolute Gasteiger partial charge is 0.387 e. The predicted molar refractivity (Wildman–Crippen MR) is 87.2 cm³/mol. The van der Waals surface area contributed by atoms with Crippen molar-refractivity contribution >= 4 is 7.85 Å². The van der Waals surface area contributed by atoms with E-state index in [2.05, 4.69) is 13.8 Å². The van der Waals surface area contributed by atoms with Gasteiger partial charge in [-0.05, 0) is 12.8 Å². The minimum Gasteiger partial charge on any atom is -0.387 e. The molecule has 0 saturated carbocycles. The Morgan fingerprint density at radius 2 is 1.86 bits per heavy atom. The second kappa shape index (κ2) is 9.52. The average Bonchev–Trinajstić information content (AvgIpc) is 2.74. The summed E-state index contributed by atoms with van der Waals surface area (Å²) in [5.74, 6) is 0. The molecule has 1 heterocycles. The number of nitrogens with zero attached hydrogens (tertiary/aromatic N) is 1. The van der Waals surface area contributed by atoms with E-state index in [1.807, 2.05) is 6.07 Å². The Hall–Kier alpha value is -0.605. The van der Waals surface area contributed by atoms with Gasteiger partial charge < -0.3 is 19.7 Å². The van der Waals surface area contributed by atoms with Gasteiger partial charge in [-0.2, -0.15) is 5.26 Å². The summed E-state index contributed by atoms with van der Waals surface area (Å²) in [5, 5.41) is 29.0. The molecule has 0 radical (unpaired) electrons. The number of aliphatic hydroxyl groups is 2. The molecule has 0 aliphatic carbocycles. The molecule has 22 heavy (non-hydrogen) atoms. The lowest BCUT2D eigenvalue weighted by Crippen LogP contribution is -2.42. The minimum atomic E-state index is -1.35. The fourth-order valence-electron chi connectivity index (χ4n) is 2.80. The van der Waals surface area contributed by atoms with Crippen molar-refractivity contribution in [1.82, 2.24) is 0 Å². The second-order valence-electron chi connectivity index (χ2n) is 6.40. The Balaban J connectivity index is 2.48. The number of aliphatic hydroxyl groups excluding tert-OH is 2. The summed E-state index contributed by atoms with van der Waals surface area (Å²) in [5.41, 5.74) is -1.35. The van der Waals surface area contributed by atoms with Crippen LogP contribution in [0.3, 0.4) is 0 Å². The maximum atomic E-state index is 10.0. The summed E-state index contributed by atoms with van der Waals surface area (Å²) in [6.07, 6.45) is 5.01. The smallest absolute Gasteiger partial charge is 0.166 e. The number of hydrogen-bond donors (Lipinski definition) is 2. The summed E-state index contributed by atoms with van der Waals surface area (Å²) >= 11 is 0. The molecule has 1 rings (SSSR count). The summed E-state index contributed by atoms with van der Waals surface area (Å²) in [6, 6.07) is 1.93. The first kappa shape index (κ1) is 19.4. The van der Waals surface area contributed by atoms with Crippen molar-refractivity contribution < 1.29 is 19.7 Å². The Morgan fingerprint density at radius 3 is 2.41 bits per heavy atom. The van der Waals surface area contributed by atoms with E-state index in [1.54, 1.807) is 0 Å². The summed E-state index contributed by atoms with van der Waals surface area (Å²) in [4.78, 5) is 0. The van der Waals surface area contributed by atoms with Crippen molar-refractivity contribution in [3.63, 3.8) is 0 Å². The third-order valence-electron chi connectivity index (χ3n) is 4.39. The SMILES string of the molecule is B[C@]1(C#N)O[C@H](COC(CCCC)CCCCC)[C@@H](O)[C@H]1O. The molecule has 1 aliphatic rings. The molecule has 2 N–H and O–H groups in total. The van der Waals surface area contributed by atoms with Crippen LogP contribution in [-0.4, -0.2) is 54.6 Å². The molecule has 1 saturated heterocycles. The zero-order chi connectivity index (χ0) is 16.6. The highest BCUT2D eigenvalue weighted by molar-refractivity contribution is 6.17. The molecule has 0 bridgehead atoms. The standard InChI is InChI=1S/C16H30BNO4/c1-3-5-7-9-12(8-6-4-2)21-10-13-14(19)15(20)16(17,11-18)22-13/h12-15,19-20H,3-10,17H2,1-2H3/t12?,13-,14-,15-,16-/m1/s1. The molecule has 0 aromatic rings. The molecule has 1 aliphatic heterocycles. The number of rotatable bonds is 10. The Morgan fingerprint density at radius 1 is 1.23 bits per heavy atom. The van der Waals surface area contributed by atoms with Crippen LogP contribution in [0.15, 0.2) is 0 Å². The molecule has 0 aromatic carbocycles. The van der Waals surface area contributed by atoms with Crippen LogP contribution in [0.5, 0.6) is 0 Å². The zero-order valence-electron chi connectivity index (χ0n) is 14.1. The molecule has 1 fully saturated rings. The van der Waals surface area contributed by atoms with E-state index in [9.17, 15) is 10.2 Å². The van der Waals surface area contributed by atoms with Gasteiger partial charge in [-0.15, -0.1) is 0 Å². The van der Waals surface area contributed by atoms with Gasteiger partial charge in [0, 0.05) is 0 Å². The third kappa shape index (κ3) is 5.24. The lowest BCUT2D eigenvalue weighted by atomic mass is 9.78. The van der Waals surface area contributed by atoms with Crippen LogP contribution < -0.4 is 0 Å². The van der Waals surface area contributed by atoms with Crippen molar-refractivity contribution in [2.45, 2.75) is 88.7 Å². The molecule has 0 spiro atoms. The average molecular weight is 311 g/mol. The van der Waals surface area contributed by atoms with E-state index < -0.39 is 23.8 Å². The normalized spacial score (nSPS) is 32.8. The predicted octanol–water partition coefficient (Wildman–Crippen LogP) is 1.12. The van der Waals surface area contributed by atoms with Crippen molar-refractivity contribution in [1.29, 1.82) is 5.26 Å². The van der Waals surface area contributed by atoms with Gasteiger partial charge in [0.1, 0.15) is 23.8 Å². The molecule has 0 amide bonds. The first-order valence-corrected chi connectivity index (χ1v) is 8.55. The molecule has 5 nitrogen and oxygen atoms in total. The lowest BCUT2D eigenvalue weighted by Gasteiger charge is -2.22.